The van der Waals surface area contributed by atoms with Crippen LogP contribution in [-0.2, 0) is 10.0 Å². The third-order valence-corrected chi connectivity index (χ3v) is 5.79. The minimum atomic E-state index is -4.24. The molecule has 2 atom stereocenters. The zero-order chi connectivity index (χ0) is 18.7. The van der Waals surface area contributed by atoms with Gasteiger partial charge in [0.25, 0.3) is 5.91 Å². The average Bonchev–Trinajstić information content (AvgIpc) is 2.54. The number of benzene rings is 1. The van der Waals surface area contributed by atoms with Crippen LogP contribution < -0.4 is 10.0 Å². The molecule has 0 bridgehead atoms. The van der Waals surface area contributed by atoms with Crippen LogP contribution in [-0.4, -0.2) is 33.1 Å². The van der Waals surface area contributed by atoms with Crippen molar-refractivity contribution in [3.63, 3.8) is 0 Å². The zero-order valence-corrected chi connectivity index (χ0v) is 14.6. The maximum absolute atomic E-state index is 12.8. The van der Waals surface area contributed by atoms with E-state index in [2.05, 4.69) is 10.0 Å². The summed E-state index contributed by atoms with van der Waals surface area (Å²) < 4.78 is 64.5. The van der Waals surface area contributed by atoms with Crippen molar-refractivity contribution in [1.29, 1.82) is 0 Å². The maximum atomic E-state index is 12.8. The van der Waals surface area contributed by atoms with E-state index in [0.29, 0.717) is 12.8 Å². The molecule has 0 radical (unpaired) electrons. The molecular formula is C16H21F3N2O3S. The van der Waals surface area contributed by atoms with Crippen LogP contribution >= 0.6 is 0 Å². The minimum Gasteiger partial charge on any atom is -0.349 e. The fraction of sp³-hybridized carbons (Fsp3) is 0.562. The molecule has 0 aliphatic heterocycles. The van der Waals surface area contributed by atoms with Gasteiger partial charge in [-0.3, -0.25) is 4.79 Å². The zero-order valence-electron chi connectivity index (χ0n) is 13.8. The molecule has 0 heterocycles. The molecular weight excluding hydrogens is 357 g/mol. The Hall–Kier alpha value is -1.61. The number of carbonyl (C=O) groups excluding carboxylic acids is 1. The highest BCUT2D eigenvalue weighted by atomic mass is 32.2. The quantitative estimate of drug-likeness (QED) is 0.827. The molecule has 1 aliphatic rings. The van der Waals surface area contributed by atoms with Crippen molar-refractivity contribution in [3.05, 3.63) is 29.8 Å². The van der Waals surface area contributed by atoms with Crippen LogP contribution in [0, 0.1) is 5.92 Å². The molecule has 0 aromatic heterocycles. The molecule has 1 saturated carbocycles. The van der Waals surface area contributed by atoms with Crippen molar-refractivity contribution < 1.29 is 26.4 Å². The highest BCUT2D eigenvalue weighted by Gasteiger charge is 2.42. The van der Waals surface area contributed by atoms with Gasteiger partial charge in [-0.2, -0.15) is 13.2 Å². The van der Waals surface area contributed by atoms with E-state index in [1.807, 2.05) is 0 Å². The first kappa shape index (κ1) is 19.7. The van der Waals surface area contributed by atoms with Crippen LogP contribution in [0.4, 0.5) is 13.2 Å². The van der Waals surface area contributed by atoms with Crippen molar-refractivity contribution in [2.75, 3.05) is 6.54 Å². The van der Waals surface area contributed by atoms with Gasteiger partial charge in [0.05, 0.1) is 10.8 Å². The molecule has 1 aromatic rings. The van der Waals surface area contributed by atoms with Gasteiger partial charge in [-0.15, -0.1) is 0 Å². The second kappa shape index (κ2) is 7.74. The number of rotatable bonds is 5. The number of amides is 1. The normalized spacial score (nSPS) is 21.8. The van der Waals surface area contributed by atoms with Crippen LogP contribution in [0.3, 0.4) is 0 Å². The summed E-state index contributed by atoms with van der Waals surface area (Å²) in [7, 11) is -3.61. The molecule has 25 heavy (non-hydrogen) atoms. The van der Waals surface area contributed by atoms with Gasteiger partial charge in [0.1, 0.15) is 0 Å². The monoisotopic (exact) mass is 378 g/mol. The molecule has 0 saturated heterocycles. The Kier molecular flexibility index (Phi) is 6.10. The summed E-state index contributed by atoms with van der Waals surface area (Å²) in [4.78, 5) is 12.2. The lowest BCUT2D eigenvalue weighted by Gasteiger charge is -2.31. The summed E-state index contributed by atoms with van der Waals surface area (Å²) in [5.41, 5.74) is 0.213. The largest absolute Gasteiger partial charge is 0.391 e. The number of alkyl halides is 3. The van der Waals surface area contributed by atoms with E-state index < -0.39 is 34.1 Å². The highest BCUT2D eigenvalue weighted by Crippen LogP contribution is 2.37. The standard InChI is InChI=1S/C16H21F3N2O3S/c1-2-20-25(23,24)14-8-6-11(7-9-14)15(22)21-13-5-3-4-12(10-13)16(17,18)19/h6-9,12-13,20H,2-5,10H2,1H3,(H,21,22). The first-order valence-electron chi connectivity index (χ1n) is 8.11. The van der Waals surface area contributed by atoms with E-state index >= 15 is 0 Å². The van der Waals surface area contributed by atoms with Crippen LogP contribution in [0.15, 0.2) is 29.2 Å². The molecule has 1 fully saturated rings. The molecule has 5 nitrogen and oxygen atoms in total. The molecule has 2 rings (SSSR count). The fourth-order valence-electron chi connectivity index (χ4n) is 2.95. The fourth-order valence-corrected chi connectivity index (χ4v) is 3.99. The second-order valence-corrected chi connectivity index (χ2v) is 7.87. The smallest absolute Gasteiger partial charge is 0.349 e. The third-order valence-electron chi connectivity index (χ3n) is 4.23. The molecule has 2 unspecified atom stereocenters. The Morgan fingerprint density at radius 2 is 1.84 bits per heavy atom. The van der Waals surface area contributed by atoms with Crippen molar-refractivity contribution in [1.82, 2.24) is 10.0 Å². The topological polar surface area (TPSA) is 75.3 Å². The van der Waals surface area contributed by atoms with Crippen LogP contribution in [0.25, 0.3) is 0 Å². The average molecular weight is 378 g/mol. The van der Waals surface area contributed by atoms with E-state index in [4.69, 9.17) is 0 Å². The van der Waals surface area contributed by atoms with Gasteiger partial charge in [-0.25, -0.2) is 13.1 Å². The summed E-state index contributed by atoms with van der Waals surface area (Å²) >= 11 is 0. The van der Waals surface area contributed by atoms with Crippen LogP contribution in [0.5, 0.6) is 0 Å². The van der Waals surface area contributed by atoms with Crippen molar-refractivity contribution in [2.45, 2.75) is 49.7 Å². The second-order valence-electron chi connectivity index (χ2n) is 6.10. The van der Waals surface area contributed by atoms with E-state index in [1.54, 1.807) is 6.92 Å². The van der Waals surface area contributed by atoms with Gasteiger partial charge < -0.3 is 5.32 Å². The van der Waals surface area contributed by atoms with E-state index in [0.717, 1.165) is 0 Å². The number of halogens is 3. The van der Waals surface area contributed by atoms with Gasteiger partial charge in [-0.1, -0.05) is 13.3 Å². The Morgan fingerprint density at radius 3 is 2.40 bits per heavy atom. The maximum Gasteiger partial charge on any atom is 0.391 e. The van der Waals surface area contributed by atoms with Gasteiger partial charge in [0.15, 0.2) is 0 Å². The molecule has 140 valence electrons. The third kappa shape index (κ3) is 5.18. The van der Waals surface area contributed by atoms with Gasteiger partial charge >= 0.3 is 6.18 Å². The van der Waals surface area contributed by atoms with E-state index in [9.17, 15) is 26.4 Å². The van der Waals surface area contributed by atoms with E-state index in [-0.39, 0.29) is 29.8 Å². The first-order chi connectivity index (χ1) is 11.6. The Morgan fingerprint density at radius 1 is 1.20 bits per heavy atom. The highest BCUT2D eigenvalue weighted by molar-refractivity contribution is 7.89. The summed E-state index contributed by atoms with van der Waals surface area (Å²) in [6, 6.07) is 4.77. The minimum absolute atomic E-state index is 0.0284. The number of sulfonamides is 1. The number of hydrogen-bond donors (Lipinski definition) is 2. The SMILES string of the molecule is CCNS(=O)(=O)c1ccc(C(=O)NC2CCCC(C(F)(F)F)C2)cc1. The molecule has 1 amide bonds. The Balaban J connectivity index is 2.01. The van der Waals surface area contributed by atoms with Crippen LogP contribution in [0.1, 0.15) is 43.0 Å². The van der Waals surface area contributed by atoms with Crippen molar-refractivity contribution in [2.24, 2.45) is 5.92 Å². The predicted octanol–water partition coefficient (Wildman–Crippen LogP) is 2.84. The summed E-state index contributed by atoms with van der Waals surface area (Å²) in [5, 5.41) is 2.62. The summed E-state index contributed by atoms with van der Waals surface area (Å²) in [6.45, 7) is 1.89. The summed E-state index contributed by atoms with van der Waals surface area (Å²) in [6.07, 6.45) is -3.36. The number of carbonyl (C=O) groups is 1. The number of nitrogens with one attached hydrogen (secondary N) is 2. The first-order valence-corrected chi connectivity index (χ1v) is 9.59. The summed E-state index contributed by atoms with van der Waals surface area (Å²) in [5.74, 6) is -1.89. The van der Waals surface area contributed by atoms with Crippen molar-refractivity contribution in [3.8, 4) is 0 Å². The van der Waals surface area contributed by atoms with Crippen molar-refractivity contribution >= 4 is 15.9 Å². The number of hydrogen-bond acceptors (Lipinski definition) is 3. The lowest BCUT2D eigenvalue weighted by molar-refractivity contribution is -0.183. The lowest BCUT2D eigenvalue weighted by Crippen LogP contribution is -2.41. The molecule has 9 heteroatoms. The van der Waals surface area contributed by atoms with E-state index in [1.165, 1.54) is 24.3 Å². The Labute approximate surface area is 145 Å². The van der Waals surface area contributed by atoms with Gasteiger partial charge in [0.2, 0.25) is 10.0 Å². The lowest BCUT2D eigenvalue weighted by atomic mass is 9.85. The molecule has 1 aliphatic carbocycles. The van der Waals surface area contributed by atoms with Crippen LogP contribution in [0.2, 0.25) is 0 Å². The Bertz CT molecular complexity index is 702. The van der Waals surface area contributed by atoms with Gasteiger partial charge in [0, 0.05) is 18.2 Å². The predicted molar refractivity (Wildman–Crippen MR) is 86.6 cm³/mol. The molecule has 1 aromatic carbocycles. The van der Waals surface area contributed by atoms with Gasteiger partial charge in [-0.05, 0) is 43.5 Å². The molecule has 2 N–H and O–H groups in total. The molecule has 0 spiro atoms.